The van der Waals surface area contributed by atoms with Crippen LogP contribution < -0.4 is 20.9 Å². The molecule has 170 valence electrons. The molecule has 1 aliphatic rings. The van der Waals surface area contributed by atoms with Gasteiger partial charge in [0.15, 0.2) is 6.61 Å². The highest BCUT2D eigenvalue weighted by Crippen LogP contribution is 2.30. The summed E-state index contributed by atoms with van der Waals surface area (Å²) < 4.78 is 44.1. The summed E-state index contributed by atoms with van der Waals surface area (Å²) in [6, 6.07) is 6.77. The van der Waals surface area contributed by atoms with Crippen LogP contribution in [0.4, 0.5) is 18.9 Å². The fourth-order valence-corrected chi connectivity index (χ4v) is 3.71. The topological polar surface area (TPSA) is 70.6 Å². The average molecular weight is 440 g/mol. The van der Waals surface area contributed by atoms with Crippen molar-refractivity contribution in [2.75, 3.05) is 44.2 Å². The first-order valence-electron chi connectivity index (χ1n) is 10.2. The number of hydrogen-bond donors (Lipinski definition) is 1. The van der Waals surface area contributed by atoms with Gasteiger partial charge in [0.1, 0.15) is 5.75 Å². The van der Waals surface area contributed by atoms with Crippen LogP contribution in [0.1, 0.15) is 17.7 Å². The van der Waals surface area contributed by atoms with Crippen molar-refractivity contribution in [2.24, 2.45) is 0 Å². The van der Waals surface area contributed by atoms with E-state index in [2.05, 4.69) is 9.88 Å². The molecule has 7 nitrogen and oxygen atoms in total. The monoisotopic (exact) mass is 440 g/mol. The molecular formula is C21H27F3N4O3. The van der Waals surface area contributed by atoms with E-state index < -0.39 is 18.5 Å². The molecule has 0 amide bonds. The second kappa shape index (κ2) is 9.59. The molecule has 1 aliphatic heterocycles. The zero-order valence-electron chi connectivity index (χ0n) is 17.7. The first-order valence-corrected chi connectivity index (χ1v) is 10.2. The molecule has 0 saturated carbocycles. The van der Waals surface area contributed by atoms with Gasteiger partial charge in [-0.1, -0.05) is 12.1 Å². The lowest BCUT2D eigenvalue weighted by atomic mass is 10.2. The minimum atomic E-state index is -4.38. The van der Waals surface area contributed by atoms with Gasteiger partial charge in [0.25, 0.3) is 5.56 Å². The van der Waals surface area contributed by atoms with Gasteiger partial charge in [0.05, 0.1) is 5.69 Å². The zero-order chi connectivity index (χ0) is 22.6. The SMILES string of the molecule is Cc1c(C)n(CCCN2CCN(c3ccccc3OCC(F)(F)F)CC2)c(=O)[nH]c1=O. The number of nitrogens with zero attached hydrogens (tertiary/aromatic N) is 3. The Labute approximate surface area is 178 Å². The maximum absolute atomic E-state index is 12.5. The fourth-order valence-electron chi connectivity index (χ4n) is 3.71. The second-order valence-corrected chi connectivity index (χ2v) is 7.68. The van der Waals surface area contributed by atoms with E-state index in [9.17, 15) is 22.8 Å². The summed E-state index contributed by atoms with van der Waals surface area (Å²) in [7, 11) is 0. The molecule has 10 heteroatoms. The Balaban J connectivity index is 1.53. The van der Waals surface area contributed by atoms with E-state index in [1.165, 1.54) is 0 Å². The number of hydrogen-bond acceptors (Lipinski definition) is 5. The van der Waals surface area contributed by atoms with Crippen molar-refractivity contribution < 1.29 is 17.9 Å². The molecule has 0 spiro atoms. The third-order valence-corrected chi connectivity index (χ3v) is 5.58. The van der Waals surface area contributed by atoms with Crippen LogP contribution in [0.15, 0.2) is 33.9 Å². The maximum atomic E-state index is 12.5. The second-order valence-electron chi connectivity index (χ2n) is 7.68. The molecule has 0 atom stereocenters. The molecule has 0 unspecified atom stereocenters. The highest BCUT2D eigenvalue weighted by molar-refractivity contribution is 5.58. The smallest absolute Gasteiger partial charge is 0.422 e. The lowest BCUT2D eigenvalue weighted by molar-refractivity contribution is -0.153. The van der Waals surface area contributed by atoms with Gasteiger partial charge in [-0.2, -0.15) is 13.2 Å². The number of benzene rings is 1. The average Bonchev–Trinajstić information content (AvgIpc) is 2.73. The number of piperazine rings is 1. The summed E-state index contributed by atoms with van der Waals surface area (Å²) in [5.41, 5.74) is 1.13. The number of anilines is 1. The van der Waals surface area contributed by atoms with Crippen molar-refractivity contribution in [1.82, 2.24) is 14.5 Å². The summed E-state index contributed by atoms with van der Waals surface area (Å²) in [6.45, 7) is 6.29. The molecular weight excluding hydrogens is 413 g/mol. The molecule has 0 bridgehead atoms. The van der Waals surface area contributed by atoms with E-state index in [4.69, 9.17) is 4.74 Å². The molecule has 2 heterocycles. The van der Waals surface area contributed by atoms with Gasteiger partial charge in [-0.25, -0.2) is 4.79 Å². The Morgan fingerprint density at radius 1 is 1.03 bits per heavy atom. The number of aromatic amines is 1. The molecule has 0 aliphatic carbocycles. The van der Waals surface area contributed by atoms with Crippen molar-refractivity contribution in [2.45, 2.75) is 33.0 Å². The van der Waals surface area contributed by atoms with Crippen molar-refractivity contribution >= 4 is 5.69 Å². The van der Waals surface area contributed by atoms with Gasteiger partial charge in [0, 0.05) is 44.0 Å². The molecule has 2 aromatic rings. The van der Waals surface area contributed by atoms with Gasteiger partial charge < -0.3 is 9.64 Å². The minimum absolute atomic E-state index is 0.233. The van der Waals surface area contributed by atoms with E-state index in [0.717, 1.165) is 26.1 Å². The van der Waals surface area contributed by atoms with Crippen molar-refractivity contribution in [3.63, 3.8) is 0 Å². The lowest BCUT2D eigenvalue weighted by Crippen LogP contribution is -2.47. The Hall–Kier alpha value is -2.75. The molecule has 0 radical (unpaired) electrons. The number of halogens is 3. The van der Waals surface area contributed by atoms with Crippen LogP contribution in [0, 0.1) is 13.8 Å². The van der Waals surface area contributed by atoms with Crippen molar-refractivity contribution in [1.29, 1.82) is 0 Å². The molecule has 31 heavy (non-hydrogen) atoms. The molecule has 1 saturated heterocycles. The largest absolute Gasteiger partial charge is 0.482 e. The number of nitrogens with one attached hydrogen (secondary N) is 1. The van der Waals surface area contributed by atoms with Crippen LogP contribution in [0.3, 0.4) is 0 Å². The number of aromatic nitrogens is 2. The van der Waals surface area contributed by atoms with Crippen LogP contribution in [0.2, 0.25) is 0 Å². The van der Waals surface area contributed by atoms with Crippen molar-refractivity contribution in [3.8, 4) is 5.75 Å². The Kier molecular flexibility index (Phi) is 7.09. The van der Waals surface area contributed by atoms with E-state index in [0.29, 0.717) is 36.6 Å². The number of alkyl halides is 3. The molecule has 1 N–H and O–H groups in total. The summed E-state index contributed by atoms with van der Waals surface area (Å²) in [5.74, 6) is 0.233. The predicted molar refractivity (Wildman–Crippen MR) is 112 cm³/mol. The number of para-hydroxylation sites is 2. The van der Waals surface area contributed by atoms with E-state index >= 15 is 0 Å². The predicted octanol–water partition coefficient (Wildman–Crippen LogP) is 2.31. The van der Waals surface area contributed by atoms with Gasteiger partial charge in [-0.05, 0) is 38.9 Å². The standard InChI is InChI=1S/C21H27F3N4O3/c1-15-16(2)28(20(30)25-19(15)29)9-5-8-26-10-12-27(13-11-26)17-6-3-4-7-18(17)31-14-21(22,23)24/h3-4,6-7H,5,8-14H2,1-2H3,(H,25,29,30). The van der Waals surface area contributed by atoms with Gasteiger partial charge in [-0.15, -0.1) is 0 Å². The first-order chi connectivity index (χ1) is 14.7. The summed E-state index contributed by atoms with van der Waals surface area (Å²) in [6.07, 6.45) is -3.63. The summed E-state index contributed by atoms with van der Waals surface area (Å²) >= 11 is 0. The normalized spacial score (nSPS) is 15.3. The molecule has 1 aromatic carbocycles. The first kappa shape index (κ1) is 22.9. The quantitative estimate of drug-likeness (QED) is 0.716. The van der Waals surface area contributed by atoms with Crippen LogP contribution >= 0.6 is 0 Å². The van der Waals surface area contributed by atoms with Crippen LogP contribution in [-0.4, -0.2) is 60.0 Å². The van der Waals surface area contributed by atoms with Crippen LogP contribution in [0.5, 0.6) is 5.75 Å². The minimum Gasteiger partial charge on any atom is -0.482 e. The van der Waals surface area contributed by atoms with Gasteiger partial charge >= 0.3 is 11.9 Å². The number of rotatable bonds is 7. The fraction of sp³-hybridized carbons (Fsp3) is 0.524. The third-order valence-electron chi connectivity index (χ3n) is 5.58. The Morgan fingerprint density at radius 3 is 2.39 bits per heavy atom. The van der Waals surface area contributed by atoms with E-state index in [1.54, 1.807) is 42.7 Å². The summed E-state index contributed by atoms with van der Waals surface area (Å²) in [4.78, 5) is 30.3. The Morgan fingerprint density at radius 2 is 1.71 bits per heavy atom. The van der Waals surface area contributed by atoms with Crippen LogP contribution in [-0.2, 0) is 6.54 Å². The Bertz CT molecular complexity index is 1010. The highest BCUT2D eigenvalue weighted by atomic mass is 19.4. The molecule has 1 aromatic heterocycles. The third kappa shape index (κ3) is 5.90. The lowest BCUT2D eigenvalue weighted by Gasteiger charge is -2.36. The molecule has 1 fully saturated rings. The van der Waals surface area contributed by atoms with Crippen LogP contribution in [0.25, 0.3) is 0 Å². The van der Waals surface area contributed by atoms with Gasteiger partial charge in [-0.3, -0.25) is 19.2 Å². The zero-order valence-corrected chi connectivity index (χ0v) is 17.7. The summed E-state index contributed by atoms with van der Waals surface area (Å²) in [5, 5.41) is 0. The van der Waals surface area contributed by atoms with E-state index in [-0.39, 0.29) is 11.3 Å². The molecule has 3 rings (SSSR count). The maximum Gasteiger partial charge on any atom is 0.422 e. The highest BCUT2D eigenvalue weighted by Gasteiger charge is 2.29. The van der Waals surface area contributed by atoms with Crippen molar-refractivity contribution in [3.05, 3.63) is 56.4 Å². The van der Waals surface area contributed by atoms with E-state index in [1.807, 2.05) is 4.90 Å². The number of H-pyrrole nitrogens is 1. The number of ether oxygens (including phenoxy) is 1. The van der Waals surface area contributed by atoms with Gasteiger partial charge in [0.2, 0.25) is 0 Å².